The molecule has 2 N–H and O–H groups in total. The molecule has 0 aromatic carbocycles. The molecule has 0 radical (unpaired) electrons. The van der Waals surface area contributed by atoms with Crippen LogP contribution in [0.3, 0.4) is 0 Å². The van der Waals surface area contributed by atoms with Gasteiger partial charge in [0.1, 0.15) is 5.60 Å². The Balaban J connectivity index is 1.56. The van der Waals surface area contributed by atoms with Gasteiger partial charge in [-0.15, -0.1) is 10.2 Å². The van der Waals surface area contributed by atoms with E-state index in [1.165, 1.54) is 0 Å². The van der Waals surface area contributed by atoms with Crippen LogP contribution in [0.5, 0.6) is 0 Å². The van der Waals surface area contributed by atoms with Crippen LogP contribution in [0, 0.1) is 5.92 Å². The molecule has 0 aliphatic carbocycles. The summed E-state index contributed by atoms with van der Waals surface area (Å²) in [6.45, 7) is 7.82. The van der Waals surface area contributed by atoms with Crippen LogP contribution in [0.4, 0.5) is 10.6 Å². The van der Waals surface area contributed by atoms with Gasteiger partial charge >= 0.3 is 6.09 Å². The summed E-state index contributed by atoms with van der Waals surface area (Å²) in [4.78, 5) is 13.9. The van der Waals surface area contributed by atoms with Crippen molar-refractivity contribution >= 4 is 23.5 Å². The van der Waals surface area contributed by atoms with Gasteiger partial charge in [0, 0.05) is 37.0 Å². The molecular weight excluding hydrogens is 368 g/mol. The van der Waals surface area contributed by atoms with Crippen LogP contribution in [0.2, 0.25) is 5.15 Å². The molecule has 1 aliphatic rings. The van der Waals surface area contributed by atoms with E-state index >= 15 is 0 Å². The quantitative estimate of drug-likeness (QED) is 0.860. The van der Waals surface area contributed by atoms with Crippen LogP contribution < -0.4 is 5.73 Å². The first-order chi connectivity index (χ1) is 12.7. The lowest BCUT2D eigenvalue weighted by Gasteiger charge is -2.33. The first kappa shape index (κ1) is 19.4. The number of anilines is 1. The van der Waals surface area contributed by atoms with Gasteiger partial charge in [0.2, 0.25) is 0 Å². The number of nitrogen functional groups attached to an aromatic ring is 1. The van der Waals surface area contributed by atoms with Crippen molar-refractivity contribution in [2.24, 2.45) is 5.92 Å². The van der Waals surface area contributed by atoms with Crippen molar-refractivity contribution in [1.29, 1.82) is 0 Å². The van der Waals surface area contributed by atoms with Crippen molar-refractivity contribution < 1.29 is 9.53 Å². The molecule has 146 valence electrons. The number of piperidine rings is 1. The molecule has 0 atom stereocenters. The second-order valence-corrected chi connectivity index (χ2v) is 8.22. The third-order valence-electron chi connectivity index (χ3n) is 4.45. The van der Waals surface area contributed by atoms with Crippen LogP contribution in [0.15, 0.2) is 18.5 Å². The van der Waals surface area contributed by atoms with Gasteiger partial charge in [-0.2, -0.15) is 5.10 Å². The molecule has 0 unspecified atom stereocenters. The van der Waals surface area contributed by atoms with Crippen LogP contribution in [0.1, 0.15) is 33.6 Å². The van der Waals surface area contributed by atoms with E-state index in [-0.39, 0.29) is 6.09 Å². The Hall–Kier alpha value is -2.35. The Morgan fingerprint density at radius 1 is 1.33 bits per heavy atom. The molecule has 2 aromatic rings. The average molecular weight is 393 g/mol. The smallest absolute Gasteiger partial charge is 0.410 e. The van der Waals surface area contributed by atoms with Crippen molar-refractivity contribution in [1.82, 2.24) is 24.9 Å². The first-order valence-electron chi connectivity index (χ1n) is 9.01. The van der Waals surface area contributed by atoms with Crippen molar-refractivity contribution in [3.8, 4) is 11.1 Å². The third-order valence-corrected chi connectivity index (χ3v) is 4.63. The van der Waals surface area contributed by atoms with E-state index < -0.39 is 5.60 Å². The molecule has 0 bridgehead atoms. The number of aromatic nitrogens is 4. The number of nitrogens with zero attached hydrogens (tertiary/aromatic N) is 5. The van der Waals surface area contributed by atoms with Crippen LogP contribution >= 0.6 is 11.6 Å². The number of halogens is 1. The average Bonchev–Trinajstić information content (AvgIpc) is 3.04. The SMILES string of the molecule is CC(C)(C)OC(=O)N1CCC(Cn2cc(-c3cc(Cl)nnc3N)cn2)CC1. The Bertz CT molecular complexity index is 808. The van der Waals surface area contributed by atoms with Crippen LogP contribution in [0.25, 0.3) is 11.1 Å². The number of hydrogen-bond donors (Lipinski definition) is 1. The Morgan fingerprint density at radius 2 is 2.04 bits per heavy atom. The maximum absolute atomic E-state index is 12.2. The van der Waals surface area contributed by atoms with Gasteiger partial charge in [0.15, 0.2) is 11.0 Å². The molecule has 3 rings (SSSR count). The summed E-state index contributed by atoms with van der Waals surface area (Å²) in [6.07, 6.45) is 5.28. The fourth-order valence-corrected chi connectivity index (χ4v) is 3.25. The fraction of sp³-hybridized carbons (Fsp3) is 0.556. The number of likely N-dealkylation sites (tertiary alicyclic amines) is 1. The van der Waals surface area contributed by atoms with Crippen molar-refractivity contribution in [2.75, 3.05) is 18.8 Å². The summed E-state index contributed by atoms with van der Waals surface area (Å²) >= 11 is 5.91. The maximum Gasteiger partial charge on any atom is 0.410 e. The molecular formula is C18H25ClN6O2. The molecule has 27 heavy (non-hydrogen) atoms. The van der Waals surface area contributed by atoms with Gasteiger partial charge in [0.05, 0.1) is 6.20 Å². The van der Waals surface area contributed by atoms with Crippen molar-refractivity contribution in [2.45, 2.75) is 45.8 Å². The molecule has 1 amide bonds. The molecule has 1 saturated heterocycles. The molecule has 9 heteroatoms. The van der Waals surface area contributed by atoms with E-state index in [2.05, 4.69) is 15.3 Å². The van der Waals surface area contributed by atoms with E-state index in [1.807, 2.05) is 31.6 Å². The standard InChI is InChI=1S/C18H25ClN6O2/c1-18(2,3)27-17(26)24-6-4-12(5-7-24)10-25-11-13(9-21-25)14-8-15(19)22-23-16(14)20/h8-9,11-12H,4-7,10H2,1-3H3,(H2,20,23). The second kappa shape index (κ2) is 7.72. The topological polar surface area (TPSA) is 99.2 Å². The van der Waals surface area contributed by atoms with Gasteiger partial charge in [-0.25, -0.2) is 4.79 Å². The van der Waals surface area contributed by atoms with Crippen molar-refractivity contribution in [3.05, 3.63) is 23.6 Å². The van der Waals surface area contributed by atoms with Crippen molar-refractivity contribution in [3.63, 3.8) is 0 Å². The highest BCUT2D eigenvalue weighted by Crippen LogP contribution is 2.26. The van der Waals surface area contributed by atoms with Gasteiger partial charge < -0.3 is 15.4 Å². The highest BCUT2D eigenvalue weighted by molar-refractivity contribution is 6.29. The number of hydrogen-bond acceptors (Lipinski definition) is 6. The zero-order chi connectivity index (χ0) is 19.6. The molecule has 0 saturated carbocycles. The number of carbonyl (C=O) groups is 1. The lowest BCUT2D eigenvalue weighted by atomic mass is 9.97. The first-order valence-corrected chi connectivity index (χ1v) is 9.38. The number of carbonyl (C=O) groups excluding carboxylic acids is 1. The Morgan fingerprint density at radius 3 is 2.70 bits per heavy atom. The van der Waals surface area contributed by atoms with E-state index in [0.29, 0.717) is 30.0 Å². The molecule has 2 aromatic heterocycles. The van der Waals surface area contributed by atoms with Gasteiger partial charge in [0.25, 0.3) is 0 Å². The van der Waals surface area contributed by atoms with Gasteiger partial charge in [-0.05, 0) is 45.6 Å². The lowest BCUT2D eigenvalue weighted by Crippen LogP contribution is -2.42. The predicted octanol–water partition coefficient (Wildman–Crippen LogP) is 3.22. The van der Waals surface area contributed by atoms with E-state index in [1.54, 1.807) is 17.2 Å². The van der Waals surface area contributed by atoms with Crippen LogP contribution in [-0.4, -0.2) is 49.7 Å². The summed E-state index contributed by atoms with van der Waals surface area (Å²) in [5.74, 6) is 0.776. The number of rotatable bonds is 3. The van der Waals surface area contributed by atoms with Gasteiger partial charge in [-0.3, -0.25) is 4.68 Å². The molecule has 1 fully saturated rings. The zero-order valence-electron chi connectivity index (χ0n) is 15.9. The summed E-state index contributed by atoms with van der Waals surface area (Å²) in [5.41, 5.74) is 7.00. The summed E-state index contributed by atoms with van der Waals surface area (Å²) in [5, 5.41) is 12.3. The summed E-state index contributed by atoms with van der Waals surface area (Å²) < 4.78 is 7.34. The minimum Gasteiger partial charge on any atom is -0.444 e. The highest BCUT2D eigenvalue weighted by Gasteiger charge is 2.27. The predicted molar refractivity (Wildman–Crippen MR) is 103 cm³/mol. The fourth-order valence-electron chi connectivity index (χ4n) is 3.10. The van der Waals surface area contributed by atoms with E-state index in [4.69, 9.17) is 22.1 Å². The summed E-state index contributed by atoms with van der Waals surface area (Å²) in [7, 11) is 0. The van der Waals surface area contributed by atoms with E-state index in [9.17, 15) is 4.79 Å². The van der Waals surface area contributed by atoms with Gasteiger partial charge in [-0.1, -0.05) is 11.6 Å². The maximum atomic E-state index is 12.2. The second-order valence-electron chi connectivity index (χ2n) is 7.83. The Kier molecular flexibility index (Phi) is 5.55. The molecule has 0 spiro atoms. The zero-order valence-corrected chi connectivity index (χ0v) is 16.6. The normalized spacial score (nSPS) is 15.8. The van der Waals surface area contributed by atoms with E-state index in [0.717, 1.165) is 30.5 Å². The highest BCUT2D eigenvalue weighted by atomic mass is 35.5. The molecule has 1 aliphatic heterocycles. The number of nitrogens with two attached hydrogens (primary N) is 1. The summed E-state index contributed by atoms with van der Waals surface area (Å²) in [6, 6.07) is 1.69. The molecule has 3 heterocycles. The third kappa shape index (κ3) is 5.09. The minimum atomic E-state index is -0.466. The lowest BCUT2D eigenvalue weighted by molar-refractivity contribution is 0.0177. The molecule has 8 nitrogen and oxygen atoms in total. The Labute approximate surface area is 163 Å². The number of amides is 1. The van der Waals surface area contributed by atoms with Crippen LogP contribution in [-0.2, 0) is 11.3 Å². The minimum absolute atomic E-state index is 0.236. The monoisotopic (exact) mass is 392 g/mol. The largest absolute Gasteiger partial charge is 0.444 e. The number of ether oxygens (including phenoxy) is 1.